The standard InChI is InChI=1S/C72H145N2O6P/c1-6-8-10-12-14-16-18-20-22-24-26-28-30-32-33-34-35-36-37-38-39-40-41-42-44-46-48-50-52-54-56-58-60-62-64-66-72(76)73-70(69-80-81(77,78)79-68-67-74(3,4)5)71(75)65-63-61-59-57-55-53-51-49-47-45-43-31-29-27-25-23-21-19-17-15-13-11-9-7-2/h34-35,70-71,75H,6-33,36-69H2,1-5H3,(H-,73,76,77,78)/p+1/b35-34-. The number of hydrogen-bond donors (Lipinski definition) is 3. The third-order valence-electron chi connectivity index (χ3n) is 17.3. The van der Waals surface area contributed by atoms with Crippen molar-refractivity contribution in [3.05, 3.63) is 12.2 Å². The molecule has 0 saturated carbocycles. The van der Waals surface area contributed by atoms with E-state index in [1.807, 2.05) is 21.1 Å². The van der Waals surface area contributed by atoms with Gasteiger partial charge < -0.3 is 19.8 Å². The fraction of sp³-hybridized carbons (Fsp3) is 0.958. The average molecular weight is 1170 g/mol. The van der Waals surface area contributed by atoms with Crippen LogP contribution in [0.25, 0.3) is 0 Å². The Balaban J connectivity index is 3.94. The highest BCUT2D eigenvalue weighted by atomic mass is 31.2. The number of nitrogens with one attached hydrogen (secondary N) is 1. The zero-order chi connectivity index (χ0) is 59.1. The quantitative estimate of drug-likeness (QED) is 0.0243. The van der Waals surface area contributed by atoms with Gasteiger partial charge in [-0.25, -0.2) is 4.57 Å². The summed E-state index contributed by atoms with van der Waals surface area (Å²) in [6.45, 7) is 4.96. The third-order valence-corrected chi connectivity index (χ3v) is 18.2. The van der Waals surface area contributed by atoms with E-state index in [2.05, 4.69) is 31.3 Å². The lowest BCUT2D eigenvalue weighted by atomic mass is 10.0. The second kappa shape index (κ2) is 63.7. The Bertz CT molecular complexity index is 1320. The van der Waals surface area contributed by atoms with Crippen LogP contribution in [0.1, 0.15) is 393 Å². The van der Waals surface area contributed by atoms with Crippen LogP contribution in [-0.2, 0) is 18.4 Å². The van der Waals surface area contributed by atoms with Gasteiger partial charge in [0.2, 0.25) is 5.91 Å². The highest BCUT2D eigenvalue weighted by molar-refractivity contribution is 7.47. The van der Waals surface area contributed by atoms with E-state index in [0.717, 1.165) is 38.5 Å². The molecule has 3 atom stereocenters. The first-order valence-electron chi connectivity index (χ1n) is 36.6. The molecule has 1 amide bonds. The van der Waals surface area contributed by atoms with E-state index >= 15 is 0 Å². The molecule has 0 heterocycles. The van der Waals surface area contributed by atoms with Crippen molar-refractivity contribution >= 4 is 13.7 Å². The number of carbonyl (C=O) groups is 1. The molecule has 0 fully saturated rings. The Morgan fingerprint density at radius 2 is 0.667 bits per heavy atom. The van der Waals surface area contributed by atoms with Crippen LogP contribution in [0.3, 0.4) is 0 Å². The minimum atomic E-state index is -4.33. The summed E-state index contributed by atoms with van der Waals surface area (Å²) in [5.41, 5.74) is 0. The molecule has 3 unspecified atom stereocenters. The maximum absolute atomic E-state index is 13.1. The summed E-state index contributed by atoms with van der Waals surface area (Å²) in [6.07, 6.45) is 81.9. The molecule has 0 bridgehead atoms. The lowest BCUT2D eigenvalue weighted by Gasteiger charge is -2.26. The van der Waals surface area contributed by atoms with Crippen molar-refractivity contribution in [3.8, 4) is 0 Å². The first-order chi connectivity index (χ1) is 39.5. The molecular weight excluding hydrogens is 1020 g/mol. The maximum Gasteiger partial charge on any atom is 0.472 e. The van der Waals surface area contributed by atoms with Crippen molar-refractivity contribution in [1.29, 1.82) is 0 Å². The zero-order valence-corrected chi connectivity index (χ0v) is 56.5. The van der Waals surface area contributed by atoms with Crippen molar-refractivity contribution in [1.82, 2.24) is 5.32 Å². The first-order valence-corrected chi connectivity index (χ1v) is 38.0. The van der Waals surface area contributed by atoms with Crippen LogP contribution >= 0.6 is 7.82 Å². The number of allylic oxidation sites excluding steroid dienone is 2. The molecule has 81 heavy (non-hydrogen) atoms. The van der Waals surface area contributed by atoms with Crippen LogP contribution in [0.15, 0.2) is 12.2 Å². The molecular formula is C72H146N2O6P+. The second-order valence-electron chi connectivity index (χ2n) is 26.7. The molecule has 0 aromatic rings. The molecule has 3 N–H and O–H groups in total. The number of phosphoric acid groups is 1. The number of likely N-dealkylation sites (N-methyl/N-ethyl adjacent to an activating group) is 1. The van der Waals surface area contributed by atoms with Crippen LogP contribution in [0.5, 0.6) is 0 Å². The molecule has 0 spiro atoms. The van der Waals surface area contributed by atoms with E-state index < -0.39 is 20.0 Å². The predicted octanol–water partition coefficient (Wildman–Crippen LogP) is 23.3. The number of amides is 1. The van der Waals surface area contributed by atoms with E-state index in [1.165, 1.54) is 327 Å². The molecule has 0 aromatic carbocycles. The van der Waals surface area contributed by atoms with Crippen LogP contribution in [0.4, 0.5) is 0 Å². The summed E-state index contributed by atoms with van der Waals surface area (Å²) < 4.78 is 23.9. The molecule has 8 nitrogen and oxygen atoms in total. The van der Waals surface area contributed by atoms with Crippen molar-refractivity contribution in [2.75, 3.05) is 40.9 Å². The number of rotatable bonds is 69. The van der Waals surface area contributed by atoms with E-state index in [9.17, 15) is 19.4 Å². The van der Waals surface area contributed by atoms with Gasteiger partial charge in [0, 0.05) is 6.42 Å². The van der Waals surface area contributed by atoms with Crippen LogP contribution in [-0.4, -0.2) is 73.4 Å². The van der Waals surface area contributed by atoms with Crippen molar-refractivity contribution in [3.63, 3.8) is 0 Å². The van der Waals surface area contributed by atoms with Crippen molar-refractivity contribution < 1.29 is 32.9 Å². The molecule has 0 saturated heterocycles. The Hall–Kier alpha value is -0.760. The first kappa shape index (κ1) is 80.2. The minimum Gasteiger partial charge on any atom is -0.391 e. The van der Waals surface area contributed by atoms with E-state index in [4.69, 9.17) is 9.05 Å². The zero-order valence-electron chi connectivity index (χ0n) is 55.6. The van der Waals surface area contributed by atoms with Gasteiger partial charge in [-0.05, 0) is 38.5 Å². The number of phosphoric ester groups is 1. The molecule has 0 aliphatic heterocycles. The molecule has 0 radical (unpaired) electrons. The fourth-order valence-electron chi connectivity index (χ4n) is 11.6. The van der Waals surface area contributed by atoms with Gasteiger partial charge in [-0.2, -0.15) is 0 Å². The number of aliphatic hydroxyl groups is 1. The average Bonchev–Trinajstić information content (AvgIpc) is 3.43. The molecule has 9 heteroatoms. The fourth-order valence-corrected chi connectivity index (χ4v) is 12.3. The summed E-state index contributed by atoms with van der Waals surface area (Å²) in [5, 5.41) is 14.2. The summed E-state index contributed by atoms with van der Waals surface area (Å²) in [7, 11) is 1.64. The molecule has 484 valence electrons. The van der Waals surface area contributed by atoms with Crippen LogP contribution in [0.2, 0.25) is 0 Å². The SMILES string of the molecule is CCCCCCCCCCCCCCCC/C=C\CCCCCCCCCCCCCCCCCCCC(=O)NC(COP(=O)(O)OCC[N+](C)(C)C)C(O)CCCCCCCCCCCCCCCCCCCCCCCCCC. The molecule has 0 rings (SSSR count). The number of unbranched alkanes of at least 4 members (excludes halogenated alkanes) is 54. The minimum absolute atomic E-state index is 0.0783. The molecule has 0 aromatic heterocycles. The van der Waals surface area contributed by atoms with Crippen molar-refractivity contribution in [2.24, 2.45) is 0 Å². The number of aliphatic hydroxyl groups excluding tert-OH is 1. The Labute approximate surface area is 507 Å². The number of hydrogen-bond acceptors (Lipinski definition) is 5. The lowest BCUT2D eigenvalue weighted by Crippen LogP contribution is -2.46. The Morgan fingerprint density at radius 1 is 0.407 bits per heavy atom. The third kappa shape index (κ3) is 66.6. The monoisotopic (exact) mass is 1170 g/mol. The van der Waals surface area contributed by atoms with E-state index in [-0.39, 0.29) is 19.1 Å². The Kier molecular flexibility index (Phi) is 63.1. The molecule has 0 aliphatic rings. The number of carbonyl (C=O) groups excluding carboxylic acids is 1. The summed E-state index contributed by atoms with van der Waals surface area (Å²) in [4.78, 5) is 23.5. The lowest BCUT2D eigenvalue weighted by molar-refractivity contribution is -0.870. The predicted molar refractivity (Wildman–Crippen MR) is 355 cm³/mol. The summed E-state index contributed by atoms with van der Waals surface area (Å²) >= 11 is 0. The largest absolute Gasteiger partial charge is 0.472 e. The summed E-state index contributed by atoms with van der Waals surface area (Å²) in [6, 6.07) is -0.759. The van der Waals surface area contributed by atoms with Gasteiger partial charge in [-0.1, -0.05) is 360 Å². The number of quaternary nitrogens is 1. The maximum atomic E-state index is 13.1. The highest BCUT2D eigenvalue weighted by Gasteiger charge is 2.28. The van der Waals surface area contributed by atoms with Gasteiger partial charge in [0.15, 0.2) is 0 Å². The van der Waals surface area contributed by atoms with Crippen molar-refractivity contribution in [2.45, 2.75) is 405 Å². The smallest absolute Gasteiger partial charge is 0.391 e. The Morgan fingerprint density at radius 3 is 0.951 bits per heavy atom. The van der Waals surface area contributed by atoms with Gasteiger partial charge in [-0.3, -0.25) is 13.8 Å². The van der Waals surface area contributed by atoms with Gasteiger partial charge in [0.05, 0.1) is 39.9 Å². The van der Waals surface area contributed by atoms with Crippen LogP contribution in [0, 0.1) is 0 Å². The van der Waals surface area contributed by atoms with Crippen LogP contribution < -0.4 is 5.32 Å². The van der Waals surface area contributed by atoms with E-state index in [1.54, 1.807) is 0 Å². The number of nitrogens with zero attached hydrogens (tertiary/aromatic N) is 1. The van der Waals surface area contributed by atoms with Gasteiger partial charge >= 0.3 is 7.82 Å². The van der Waals surface area contributed by atoms with Gasteiger partial charge in [0.25, 0.3) is 0 Å². The topological polar surface area (TPSA) is 105 Å². The normalized spacial score (nSPS) is 13.6. The molecule has 0 aliphatic carbocycles. The summed E-state index contributed by atoms with van der Waals surface area (Å²) in [5.74, 6) is -0.135. The van der Waals surface area contributed by atoms with Gasteiger partial charge in [0.1, 0.15) is 13.2 Å². The second-order valence-corrected chi connectivity index (χ2v) is 28.1. The highest BCUT2D eigenvalue weighted by Crippen LogP contribution is 2.43. The van der Waals surface area contributed by atoms with E-state index in [0.29, 0.717) is 23.9 Å². The van der Waals surface area contributed by atoms with Gasteiger partial charge in [-0.15, -0.1) is 0 Å².